The quantitative estimate of drug-likeness (QED) is 0.582. The first-order chi connectivity index (χ1) is 10.7. The van der Waals surface area contributed by atoms with Gasteiger partial charge in [0.2, 0.25) is 0 Å². The molecule has 2 aromatic rings. The first kappa shape index (κ1) is 18.6. The first-order valence-corrected chi connectivity index (χ1v) is 13.7. The summed E-state index contributed by atoms with van der Waals surface area (Å²) >= 11 is 1.26. The standard InChI is InChI=1S/C14H12Cl2O5Se2/c15-13-5-1-11(2-6-13)9-22(17,18)21-23(19,20)10-12-3-7-14(16)8-4-12/h1-8H,9-10H2. The minimum absolute atomic E-state index is 0.415. The zero-order valence-electron chi connectivity index (χ0n) is 11.6. The van der Waals surface area contributed by atoms with Gasteiger partial charge in [0.25, 0.3) is 0 Å². The van der Waals surface area contributed by atoms with E-state index >= 15 is 0 Å². The van der Waals surface area contributed by atoms with Crippen molar-refractivity contribution >= 4 is 49.3 Å². The fourth-order valence-corrected chi connectivity index (χ4v) is 9.91. The molecular formula is C14H12Cl2O5Se2. The molecule has 0 saturated carbocycles. The van der Waals surface area contributed by atoms with E-state index in [2.05, 4.69) is 2.90 Å². The van der Waals surface area contributed by atoms with E-state index in [0.29, 0.717) is 21.2 Å². The molecule has 23 heavy (non-hydrogen) atoms. The summed E-state index contributed by atoms with van der Waals surface area (Å²) in [7, 11) is 0. The van der Waals surface area contributed by atoms with Gasteiger partial charge < -0.3 is 0 Å². The molecule has 0 aliphatic rings. The van der Waals surface area contributed by atoms with Gasteiger partial charge in [-0.25, -0.2) is 0 Å². The molecule has 5 nitrogen and oxygen atoms in total. The number of halogens is 2. The Bertz CT molecular complexity index is 798. The van der Waals surface area contributed by atoms with E-state index in [1.54, 1.807) is 0 Å². The van der Waals surface area contributed by atoms with Crippen LogP contribution in [0.15, 0.2) is 48.5 Å². The molecule has 124 valence electrons. The SMILES string of the molecule is O=[Se](=O)(Cc1ccc(Cl)cc1)O[Se](=O)(=O)Cc1ccc(Cl)cc1. The summed E-state index contributed by atoms with van der Waals surface area (Å²) in [6.45, 7) is 0. The van der Waals surface area contributed by atoms with Crippen LogP contribution in [0.5, 0.6) is 0 Å². The minimum atomic E-state index is -5.08. The Morgan fingerprint density at radius 1 is 0.652 bits per heavy atom. The molecule has 0 saturated heterocycles. The zero-order valence-corrected chi connectivity index (χ0v) is 16.6. The first-order valence-electron chi connectivity index (χ1n) is 6.31. The van der Waals surface area contributed by atoms with Crippen molar-refractivity contribution in [2.45, 2.75) is 10.6 Å². The van der Waals surface area contributed by atoms with Crippen molar-refractivity contribution in [1.29, 1.82) is 0 Å². The molecule has 0 aromatic heterocycles. The van der Waals surface area contributed by atoms with Gasteiger partial charge in [0.1, 0.15) is 0 Å². The number of hydrogen-bond donors (Lipinski definition) is 0. The van der Waals surface area contributed by atoms with Crippen molar-refractivity contribution in [3.63, 3.8) is 0 Å². The van der Waals surface area contributed by atoms with Crippen LogP contribution in [-0.4, -0.2) is 26.1 Å². The van der Waals surface area contributed by atoms with Gasteiger partial charge in [0.15, 0.2) is 0 Å². The van der Waals surface area contributed by atoms with Gasteiger partial charge in [0.05, 0.1) is 0 Å². The molecule has 0 heterocycles. The summed E-state index contributed by atoms with van der Waals surface area (Å²) in [5.74, 6) is 0. The molecule has 0 amide bonds. The van der Waals surface area contributed by atoms with Crippen molar-refractivity contribution in [2.75, 3.05) is 0 Å². The molecule has 0 bridgehead atoms. The predicted molar refractivity (Wildman–Crippen MR) is 85.7 cm³/mol. The number of benzene rings is 2. The van der Waals surface area contributed by atoms with Crippen LogP contribution in [0.1, 0.15) is 11.1 Å². The van der Waals surface area contributed by atoms with Gasteiger partial charge in [-0.05, 0) is 0 Å². The Kier molecular flexibility index (Phi) is 5.98. The van der Waals surface area contributed by atoms with E-state index < -0.39 is 36.7 Å². The Morgan fingerprint density at radius 3 is 1.26 bits per heavy atom. The summed E-state index contributed by atoms with van der Waals surface area (Å²) in [5, 5.41) is -0.0299. The van der Waals surface area contributed by atoms with Crippen molar-refractivity contribution in [1.82, 2.24) is 0 Å². The molecular weight excluding hydrogens is 477 g/mol. The molecule has 0 spiro atoms. The second-order valence-corrected chi connectivity index (χ2v) is 13.3. The van der Waals surface area contributed by atoms with Crippen molar-refractivity contribution < 1.29 is 18.2 Å². The summed E-state index contributed by atoms with van der Waals surface area (Å²) < 4.78 is 52.4. The van der Waals surface area contributed by atoms with E-state index in [0.717, 1.165) is 0 Å². The van der Waals surface area contributed by atoms with E-state index in [4.69, 9.17) is 23.2 Å². The average molecular weight is 489 g/mol. The monoisotopic (exact) mass is 490 g/mol. The van der Waals surface area contributed by atoms with Crippen LogP contribution in [-0.2, 0) is 28.9 Å². The third-order valence-electron chi connectivity index (χ3n) is 2.72. The van der Waals surface area contributed by atoms with Gasteiger partial charge in [-0.1, -0.05) is 0 Å². The van der Waals surface area contributed by atoms with Crippen LogP contribution in [0.25, 0.3) is 0 Å². The number of hydrogen-bond acceptors (Lipinski definition) is 5. The van der Waals surface area contributed by atoms with Crippen LogP contribution >= 0.6 is 23.2 Å². The Morgan fingerprint density at radius 2 is 0.957 bits per heavy atom. The van der Waals surface area contributed by atoms with Gasteiger partial charge in [-0.15, -0.1) is 0 Å². The third kappa shape index (κ3) is 6.32. The van der Waals surface area contributed by atoms with Crippen LogP contribution < -0.4 is 0 Å². The zero-order chi connectivity index (χ0) is 17.1. The summed E-state index contributed by atoms with van der Waals surface area (Å²) in [6.07, 6.45) is 0. The fourth-order valence-electron chi connectivity index (χ4n) is 1.78. The Balaban J connectivity index is 2.08. The maximum atomic E-state index is 12.0. The molecule has 0 aliphatic heterocycles. The van der Waals surface area contributed by atoms with Crippen molar-refractivity contribution in [3.05, 3.63) is 69.7 Å². The summed E-state index contributed by atoms with van der Waals surface area (Å²) in [4.78, 5) is 0. The van der Waals surface area contributed by atoms with E-state index in [-0.39, 0.29) is 0 Å². The predicted octanol–water partition coefficient (Wildman–Crippen LogP) is 3.47. The van der Waals surface area contributed by atoms with Crippen LogP contribution in [0.3, 0.4) is 0 Å². The summed E-state index contributed by atoms with van der Waals surface area (Å²) in [5.41, 5.74) is 0.831. The third-order valence-corrected chi connectivity index (χ3v) is 11.5. The van der Waals surface area contributed by atoms with Gasteiger partial charge in [-0.3, -0.25) is 0 Å². The average Bonchev–Trinajstić information content (AvgIpc) is 2.42. The Labute approximate surface area is 147 Å². The molecule has 0 N–H and O–H groups in total. The second kappa shape index (κ2) is 7.41. The van der Waals surface area contributed by atoms with Crippen molar-refractivity contribution in [3.8, 4) is 0 Å². The van der Waals surface area contributed by atoms with Crippen LogP contribution in [0.4, 0.5) is 0 Å². The molecule has 0 atom stereocenters. The maximum absolute atomic E-state index is 12.0. The normalized spacial score (nSPS) is 12.3. The molecule has 0 aliphatic carbocycles. The number of rotatable bonds is 6. The van der Waals surface area contributed by atoms with E-state index in [9.17, 15) is 15.3 Å². The Hall–Kier alpha value is -0.781. The molecule has 0 radical (unpaired) electrons. The topological polar surface area (TPSA) is 77.5 Å². The summed E-state index contributed by atoms with van der Waals surface area (Å²) in [6, 6.07) is 12.1. The van der Waals surface area contributed by atoms with Crippen molar-refractivity contribution in [2.24, 2.45) is 0 Å². The van der Waals surface area contributed by atoms with Gasteiger partial charge >= 0.3 is 148 Å². The molecule has 2 aromatic carbocycles. The fraction of sp³-hybridized carbons (Fsp3) is 0.143. The van der Waals surface area contributed by atoms with Crippen LogP contribution in [0, 0.1) is 0 Å². The second-order valence-electron chi connectivity index (χ2n) is 4.73. The van der Waals surface area contributed by atoms with Crippen LogP contribution in [0.2, 0.25) is 10.0 Å². The van der Waals surface area contributed by atoms with Gasteiger partial charge in [-0.2, -0.15) is 0 Å². The van der Waals surface area contributed by atoms with E-state index in [1.165, 1.54) is 48.5 Å². The van der Waals surface area contributed by atoms with Gasteiger partial charge in [0, 0.05) is 0 Å². The molecule has 2 rings (SSSR count). The van der Waals surface area contributed by atoms with E-state index in [1.807, 2.05) is 0 Å². The molecule has 9 heteroatoms. The molecule has 0 unspecified atom stereocenters. The molecule has 0 fully saturated rings.